The number of hydrogen-bond donors (Lipinski definition) is 2. The first-order valence-electron chi connectivity index (χ1n) is 6.14. The number of aromatic nitrogens is 2. The highest BCUT2D eigenvalue weighted by atomic mass is 32.1. The van der Waals surface area contributed by atoms with Gasteiger partial charge in [-0.25, -0.2) is 0 Å². The van der Waals surface area contributed by atoms with Crippen molar-refractivity contribution in [2.24, 2.45) is 7.05 Å². The van der Waals surface area contributed by atoms with Gasteiger partial charge in [0.2, 0.25) is 11.8 Å². The van der Waals surface area contributed by atoms with E-state index in [1.165, 1.54) is 18.3 Å². The van der Waals surface area contributed by atoms with Crippen molar-refractivity contribution in [3.63, 3.8) is 0 Å². The van der Waals surface area contributed by atoms with Gasteiger partial charge in [0.15, 0.2) is 5.82 Å². The van der Waals surface area contributed by atoms with E-state index in [9.17, 15) is 9.59 Å². The van der Waals surface area contributed by atoms with Crippen LogP contribution in [0, 0.1) is 0 Å². The highest BCUT2D eigenvalue weighted by molar-refractivity contribution is 7.10. The number of aryl methyl sites for hydroxylation is 1. The fraction of sp³-hybridized carbons (Fsp3) is 0.308. The predicted octanol–water partition coefficient (Wildman–Crippen LogP) is 1.69. The molecule has 0 aliphatic heterocycles. The van der Waals surface area contributed by atoms with Gasteiger partial charge in [-0.05, 0) is 11.4 Å². The minimum absolute atomic E-state index is 0.158. The number of carbonyl (C=O) groups excluding carboxylic acids is 2. The highest BCUT2D eigenvalue weighted by Crippen LogP contribution is 2.22. The number of anilines is 1. The molecule has 20 heavy (non-hydrogen) atoms. The van der Waals surface area contributed by atoms with Crippen LogP contribution < -0.4 is 10.6 Å². The van der Waals surface area contributed by atoms with Crippen molar-refractivity contribution in [1.82, 2.24) is 15.1 Å². The van der Waals surface area contributed by atoms with Crippen molar-refractivity contribution in [3.05, 3.63) is 34.7 Å². The van der Waals surface area contributed by atoms with Crippen LogP contribution in [0.4, 0.5) is 5.82 Å². The molecule has 0 aromatic carbocycles. The molecule has 0 aliphatic carbocycles. The van der Waals surface area contributed by atoms with Crippen molar-refractivity contribution >= 4 is 29.0 Å². The Kier molecular flexibility index (Phi) is 4.52. The second kappa shape index (κ2) is 6.33. The van der Waals surface area contributed by atoms with Crippen molar-refractivity contribution in [1.29, 1.82) is 0 Å². The zero-order chi connectivity index (χ0) is 14.5. The Morgan fingerprint density at radius 3 is 2.80 bits per heavy atom. The summed E-state index contributed by atoms with van der Waals surface area (Å²) in [5.41, 5.74) is 0. The zero-order valence-corrected chi connectivity index (χ0v) is 12.1. The topological polar surface area (TPSA) is 76.0 Å². The summed E-state index contributed by atoms with van der Waals surface area (Å²) in [5.74, 6) is 0.162. The van der Waals surface area contributed by atoms with Gasteiger partial charge in [-0.1, -0.05) is 6.07 Å². The molecule has 2 heterocycles. The molecule has 2 aromatic rings. The maximum Gasteiger partial charge on any atom is 0.228 e. The lowest BCUT2D eigenvalue weighted by atomic mass is 10.1. The number of hydrogen-bond acceptors (Lipinski definition) is 4. The van der Waals surface area contributed by atoms with Gasteiger partial charge in [-0.2, -0.15) is 5.10 Å². The first-order chi connectivity index (χ1) is 9.54. The monoisotopic (exact) mass is 292 g/mol. The Hall–Kier alpha value is -2.15. The van der Waals surface area contributed by atoms with E-state index in [1.807, 2.05) is 17.5 Å². The Morgan fingerprint density at radius 1 is 1.45 bits per heavy atom. The van der Waals surface area contributed by atoms with Crippen LogP contribution in [0.15, 0.2) is 29.8 Å². The molecule has 2 rings (SSSR count). The Labute approximate surface area is 120 Å². The SMILES string of the molecule is CC(=O)N[C@@H](CC(=O)Nc1ccn(C)n1)c1cccs1. The zero-order valence-electron chi connectivity index (χ0n) is 11.3. The number of carbonyl (C=O) groups is 2. The summed E-state index contributed by atoms with van der Waals surface area (Å²) in [5, 5.41) is 11.5. The summed E-state index contributed by atoms with van der Waals surface area (Å²) in [6, 6.07) is 5.21. The molecular formula is C13H16N4O2S. The minimum atomic E-state index is -0.309. The van der Waals surface area contributed by atoms with Gasteiger partial charge >= 0.3 is 0 Å². The highest BCUT2D eigenvalue weighted by Gasteiger charge is 2.18. The molecule has 2 amide bonds. The summed E-state index contributed by atoms with van der Waals surface area (Å²) in [4.78, 5) is 24.2. The van der Waals surface area contributed by atoms with Gasteiger partial charge in [0.05, 0.1) is 12.5 Å². The molecule has 0 bridgehead atoms. The van der Waals surface area contributed by atoms with Crippen LogP contribution in [0.1, 0.15) is 24.3 Å². The first kappa shape index (κ1) is 14.3. The fourth-order valence-electron chi connectivity index (χ4n) is 1.82. The maximum absolute atomic E-state index is 12.0. The van der Waals surface area contributed by atoms with Crippen molar-refractivity contribution in [2.45, 2.75) is 19.4 Å². The third kappa shape index (κ3) is 3.92. The maximum atomic E-state index is 12.0. The summed E-state index contributed by atoms with van der Waals surface area (Å²) in [6.07, 6.45) is 1.93. The van der Waals surface area contributed by atoms with Gasteiger partial charge in [0.1, 0.15) is 0 Å². The van der Waals surface area contributed by atoms with Crippen LogP contribution >= 0.6 is 11.3 Å². The summed E-state index contributed by atoms with van der Waals surface area (Å²) >= 11 is 1.51. The molecule has 0 unspecified atom stereocenters. The van der Waals surface area contributed by atoms with E-state index in [1.54, 1.807) is 24.0 Å². The van der Waals surface area contributed by atoms with Crippen LogP contribution in [0.3, 0.4) is 0 Å². The molecular weight excluding hydrogens is 276 g/mol. The average molecular weight is 292 g/mol. The molecule has 2 N–H and O–H groups in total. The van der Waals surface area contributed by atoms with Crippen LogP contribution in [0.5, 0.6) is 0 Å². The molecule has 0 radical (unpaired) electrons. The first-order valence-corrected chi connectivity index (χ1v) is 7.02. The average Bonchev–Trinajstić information content (AvgIpc) is 2.99. The van der Waals surface area contributed by atoms with Crippen molar-refractivity contribution in [2.75, 3.05) is 5.32 Å². The molecule has 0 fully saturated rings. The fourth-order valence-corrected chi connectivity index (χ4v) is 2.60. The Balaban J connectivity index is 2.00. The van der Waals surface area contributed by atoms with Crippen LogP contribution in [0.2, 0.25) is 0 Å². The quantitative estimate of drug-likeness (QED) is 0.880. The third-order valence-corrected chi connectivity index (χ3v) is 3.62. The molecule has 0 spiro atoms. The summed E-state index contributed by atoms with van der Waals surface area (Å²) in [6.45, 7) is 1.44. The summed E-state index contributed by atoms with van der Waals surface area (Å²) in [7, 11) is 1.78. The molecule has 0 aliphatic rings. The number of thiophene rings is 1. The van der Waals surface area contributed by atoms with Gasteiger partial charge < -0.3 is 10.6 Å². The standard InChI is InChI=1S/C13H16N4O2S/c1-9(18)14-10(11-4-3-7-20-11)8-13(19)15-12-5-6-17(2)16-12/h3-7,10H,8H2,1-2H3,(H,14,18)(H,15,16,19)/t10-/m0/s1. The second-order valence-electron chi connectivity index (χ2n) is 4.40. The van der Waals surface area contributed by atoms with Crippen molar-refractivity contribution < 1.29 is 9.59 Å². The lowest BCUT2D eigenvalue weighted by molar-refractivity contribution is -0.120. The molecule has 0 saturated heterocycles. The molecule has 2 aromatic heterocycles. The van der Waals surface area contributed by atoms with E-state index in [4.69, 9.17) is 0 Å². The van der Waals surface area contributed by atoms with E-state index >= 15 is 0 Å². The smallest absolute Gasteiger partial charge is 0.228 e. The summed E-state index contributed by atoms with van der Waals surface area (Å²) < 4.78 is 1.61. The molecule has 6 nitrogen and oxygen atoms in total. The van der Waals surface area contributed by atoms with Crippen LogP contribution in [0.25, 0.3) is 0 Å². The minimum Gasteiger partial charge on any atom is -0.348 e. The Morgan fingerprint density at radius 2 is 2.25 bits per heavy atom. The molecule has 7 heteroatoms. The largest absolute Gasteiger partial charge is 0.348 e. The van der Waals surface area contributed by atoms with E-state index in [0.29, 0.717) is 5.82 Å². The van der Waals surface area contributed by atoms with E-state index in [2.05, 4.69) is 15.7 Å². The van der Waals surface area contributed by atoms with Gasteiger partial charge in [-0.3, -0.25) is 14.3 Å². The Bertz CT molecular complexity index is 591. The van der Waals surface area contributed by atoms with Gasteiger partial charge in [0.25, 0.3) is 0 Å². The number of nitrogens with one attached hydrogen (secondary N) is 2. The lowest BCUT2D eigenvalue weighted by Gasteiger charge is -2.15. The van der Waals surface area contributed by atoms with Crippen LogP contribution in [-0.4, -0.2) is 21.6 Å². The number of rotatable bonds is 5. The molecule has 0 saturated carbocycles. The number of nitrogens with zero attached hydrogens (tertiary/aromatic N) is 2. The second-order valence-corrected chi connectivity index (χ2v) is 5.37. The number of amides is 2. The van der Waals surface area contributed by atoms with Gasteiger partial charge in [-0.15, -0.1) is 11.3 Å². The van der Waals surface area contributed by atoms with Gasteiger partial charge in [0, 0.05) is 31.1 Å². The predicted molar refractivity (Wildman–Crippen MR) is 77.3 cm³/mol. The lowest BCUT2D eigenvalue weighted by Crippen LogP contribution is -2.29. The third-order valence-electron chi connectivity index (χ3n) is 2.63. The van der Waals surface area contributed by atoms with E-state index < -0.39 is 0 Å². The van der Waals surface area contributed by atoms with E-state index in [0.717, 1.165) is 4.88 Å². The molecule has 1 atom stereocenters. The van der Waals surface area contributed by atoms with Crippen molar-refractivity contribution in [3.8, 4) is 0 Å². The van der Waals surface area contributed by atoms with Crippen LogP contribution in [-0.2, 0) is 16.6 Å². The molecule has 106 valence electrons. The normalized spacial score (nSPS) is 11.9. The van der Waals surface area contributed by atoms with E-state index in [-0.39, 0.29) is 24.3 Å².